The Morgan fingerprint density at radius 2 is 2.03 bits per heavy atom. The van der Waals surface area contributed by atoms with Gasteiger partial charge in [0.05, 0.1) is 17.5 Å². The van der Waals surface area contributed by atoms with Crippen molar-refractivity contribution in [3.05, 3.63) is 53.0 Å². The van der Waals surface area contributed by atoms with Gasteiger partial charge in [0.15, 0.2) is 5.58 Å². The van der Waals surface area contributed by atoms with Crippen LogP contribution in [0.15, 0.2) is 56.6 Å². The molecule has 1 fully saturated rings. The van der Waals surface area contributed by atoms with Gasteiger partial charge in [-0.2, -0.15) is 4.31 Å². The molecule has 1 atom stereocenters. The van der Waals surface area contributed by atoms with E-state index in [9.17, 15) is 18.0 Å². The molecule has 2 aromatic carbocycles. The summed E-state index contributed by atoms with van der Waals surface area (Å²) in [7, 11) is -2.18. The molecule has 1 amide bonds. The Balaban J connectivity index is 1.58. The van der Waals surface area contributed by atoms with Crippen molar-refractivity contribution in [1.29, 1.82) is 0 Å². The highest BCUT2D eigenvalue weighted by molar-refractivity contribution is 7.89. The molecule has 0 spiro atoms. The largest absolute Gasteiger partial charge is 0.497 e. The number of fused-ring (bicyclic) bond motifs is 1. The minimum atomic E-state index is -3.71. The number of amides is 1. The lowest BCUT2D eigenvalue weighted by atomic mass is 10.1. The number of aromatic nitrogens is 1. The molecule has 1 aliphatic rings. The highest BCUT2D eigenvalue weighted by Crippen LogP contribution is 2.27. The maximum absolute atomic E-state index is 13.1. The predicted molar refractivity (Wildman–Crippen MR) is 119 cm³/mol. The van der Waals surface area contributed by atoms with Crippen LogP contribution in [-0.2, 0) is 21.4 Å². The van der Waals surface area contributed by atoms with Crippen molar-refractivity contribution in [1.82, 2.24) is 8.87 Å². The summed E-state index contributed by atoms with van der Waals surface area (Å²) in [6, 6.07) is 11.1. The number of hydrogen-bond acceptors (Lipinski definition) is 6. The Hall–Kier alpha value is -3.11. The van der Waals surface area contributed by atoms with E-state index in [2.05, 4.69) is 5.32 Å². The van der Waals surface area contributed by atoms with Crippen LogP contribution in [-0.4, -0.2) is 42.9 Å². The van der Waals surface area contributed by atoms with E-state index in [1.54, 1.807) is 24.3 Å². The minimum Gasteiger partial charge on any atom is -0.497 e. The van der Waals surface area contributed by atoms with Crippen LogP contribution in [0.3, 0.4) is 0 Å². The zero-order valence-electron chi connectivity index (χ0n) is 17.9. The second kappa shape index (κ2) is 8.79. The molecule has 170 valence electrons. The number of ether oxygens (including phenoxy) is 1. The maximum atomic E-state index is 13.1. The lowest BCUT2D eigenvalue weighted by Gasteiger charge is -2.32. The third kappa shape index (κ3) is 4.28. The number of oxazole rings is 1. The fraction of sp³-hybridized carbons (Fsp3) is 0.364. The van der Waals surface area contributed by atoms with E-state index < -0.39 is 21.7 Å². The van der Waals surface area contributed by atoms with E-state index >= 15 is 0 Å². The smallest absolute Gasteiger partial charge is 0.420 e. The summed E-state index contributed by atoms with van der Waals surface area (Å²) in [4.78, 5) is 24.9. The van der Waals surface area contributed by atoms with Crippen molar-refractivity contribution in [2.75, 3.05) is 19.0 Å². The molecule has 10 heteroatoms. The number of rotatable bonds is 6. The number of carbonyl (C=O) groups excluding carboxylic acids is 1. The summed E-state index contributed by atoms with van der Waals surface area (Å²) in [5.74, 6) is -0.575. The third-order valence-corrected chi connectivity index (χ3v) is 7.65. The number of sulfonamides is 1. The zero-order valence-corrected chi connectivity index (χ0v) is 18.7. The predicted octanol–water partition coefficient (Wildman–Crippen LogP) is 2.80. The summed E-state index contributed by atoms with van der Waals surface area (Å²) in [5, 5.41) is 2.71. The molecular formula is C22H25N3O6S. The molecule has 0 saturated carbocycles. The van der Waals surface area contributed by atoms with Gasteiger partial charge < -0.3 is 14.5 Å². The number of methoxy groups -OCH3 is 1. The first-order valence-electron chi connectivity index (χ1n) is 10.4. The molecule has 0 aliphatic carbocycles. The van der Waals surface area contributed by atoms with Gasteiger partial charge in [-0.25, -0.2) is 13.2 Å². The Morgan fingerprint density at radius 3 is 2.78 bits per heavy atom. The summed E-state index contributed by atoms with van der Waals surface area (Å²) in [6.07, 6.45) is 2.64. The van der Waals surface area contributed by atoms with Crippen LogP contribution < -0.4 is 15.8 Å². The molecule has 1 saturated heterocycles. The second-order valence-electron chi connectivity index (χ2n) is 7.82. The monoisotopic (exact) mass is 459 g/mol. The molecular weight excluding hydrogens is 434 g/mol. The standard InChI is InChI=1S/C22H25N3O6S/c1-15-6-3-4-11-25(15)32(28,29)18-9-10-19-20(13-18)31-22(27)24(19)14-21(26)23-16-7-5-8-17(12-16)30-2/h5,7-10,12-13,15H,3-4,6,11,14H2,1-2H3,(H,23,26)/t15-/m1/s1. The molecule has 9 nitrogen and oxygen atoms in total. The van der Waals surface area contributed by atoms with Gasteiger partial charge in [0.25, 0.3) is 0 Å². The fourth-order valence-corrected chi connectivity index (χ4v) is 5.68. The van der Waals surface area contributed by atoms with Crippen molar-refractivity contribution < 1.29 is 22.4 Å². The Labute approximate surface area is 185 Å². The molecule has 0 bridgehead atoms. The van der Waals surface area contributed by atoms with Gasteiger partial charge >= 0.3 is 5.76 Å². The van der Waals surface area contributed by atoms with E-state index in [4.69, 9.17) is 9.15 Å². The maximum Gasteiger partial charge on any atom is 0.420 e. The molecule has 1 aromatic heterocycles. The number of anilines is 1. The quantitative estimate of drug-likeness (QED) is 0.607. The molecule has 2 heterocycles. The first kappa shape index (κ1) is 22.1. The van der Waals surface area contributed by atoms with Gasteiger partial charge in [-0.05, 0) is 44.0 Å². The number of nitrogens with one attached hydrogen (secondary N) is 1. The van der Waals surface area contributed by atoms with E-state index in [1.807, 2.05) is 6.92 Å². The fourth-order valence-electron chi connectivity index (χ4n) is 3.97. The molecule has 4 rings (SSSR count). The number of nitrogens with zero attached hydrogens (tertiary/aromatic N) is 2. The summed E-state index contributed by atoms with van der Waals surface area (Å²) in [6.45, 7) is 2.09. The molecule has 0 radical (unpaired) electrons. The van der Waals surface area contributed by atoms with Crippen molar-refractivity contribution in [3.8, 4) is 5.75 Å². The van der Waals surface area contributed by atoms with Crippen LogP contribution >= 0.6 is 0 Å². The van der Waals surface area contributed by atoms with Crippen molar-refractivity contribution in [2.45, 2.75) is 43.7 Å². The number of benzene rings is 2. The average molecular weight is 460 g/mol. The SMILES string of the molecule is COc1cccc(NC(=O)Cn2c(=O)oc3cc(S(=O)(=O)N4CCCC[C@H]4C)ccc32)c1. The average Bonchev–Trinajstić information content (AvgIpc) is 3.08. The molecule has 32 heavy (non-hydrogen) atoms. The third-order valence-electron chi connectivity index (χ3n) is 5.64. The zero-order chi connectivity index (χ0) is 22.9. The first-order chi connectivity index (χ1) is 15.3. The van der Waals surface area contributed by atoms with Crippen molar-refractivity contribution in [3.63, 3.8) is 0 Å². The number of carbonyl (C=O) groups is 1. The van der Waals surface area contributed by atoms with Crippen LogP contribution in [0.5, 0.6) is 5.75 Å². The molecule has 1 aliphatic heterocycles. The van der Waals surface area contributed by atoms with Gasteiger partial charge in [-0.1, -0.05) is 12.5 Å². The van der Waals surface area contributed by atoms with Crippen LogP contribution in [0.4, 0.5) is 5.69 Å². The topological polar surface area (TPSA) is 111 Å². The van der Waals surface area contributed by atoms with Crippen LogP contribution in [0.25, 0.3) is 11.1 Å². The highest BCUT2D eigenvalue weighted by Gasteiger charge is 2.31. The number of hydrogen-bond donors (Lipinski definition) is 1. The lowest BCUT2D eigenvalue weighted by molar-refractivity contribution is -0.116. The second-order valence-corrected chi connectivity index (χ2v) is 9.71. The van der Waals surface area contributed by atoms with Gasteiger partial charge in [-0.3, -0.25) is 9.36 Å². The Bertz CT molecular complexity index is 1310. The van der Waals surface area contributed by atoms with Gasteiger partial charge in [0, 0.05) is 30.4 Å². The van der Waals surface area contributed by atoms with Crippen molar-refractivity contribution in [2.24, 2.45) is 0 Å². The van der Waals surface area contributed by atoms with Gasteiger partial charge in [0.1, 0.15) is 12.3 Å². The first-order valence-corrected chi connectivity index (χ1v) is 11.8. The Kier molecular flexibility index (Phi) is 6.07. The van der Waals surface area contributed by atoms with Crippen molar-refractivity contribution >= 4 is 32.7 Å². The van der Waals surface area contributed by atoms with E-state index in [-0.39, 0.29) is 23.1 Å². The minimum absolute atomic E-state index is 0.0699. The summed E-state index contributed by atoms with van der Waals surface area (Å²) in [5.41, 5.74) is 0.996. The van der Waals surface area contributed by atoms with Gasteiger partial charge in [0.2, 0.25) is 15.9 Å². The van der Waals surface area contributed by atoms with Gasteiger partial charge in [-0.15, -0.1) is 0 Å². The van der Waals surface area contributed by atoms with Crippen LogP contribution in [0.1, 0.15) is 26.2 Å². The Morgan fingerprint density at radius 1 is 1.22 bits per heavy atom. The lowest BCUT2D eigenvalue weighted by Crippen LogP contribution is -2.41. The van der Waals surface area contributed by atoms with Crippen LogP contribution in [0.2, 0.25) is 0 Å². The highest BCUT2D eigenvalue weighted by atomic mass is 32.2. The van der Waals surface area contributed by atoms with Crippen LogP contribution in [0, 0.1) is 0 Å². The van der Waals surface area contributed by atoms with E-state index in [0.29, 0.717) is 23.5 Å². The van der Waals surface area contributed by atoms with E-state index in [1.165, 1.54) is 34.2 Å². The molecule has 3 aromatic rings. The summed E-state index contributed by atoms with van der Waals surface area (Å²) < 4.78 is 39.2. The normalized spacial score (nSPS) is 17.4. The summed E-state index contributed by atoms with van der Waals surface area (Å²) >= 11 is 0. The molecule has 1 N–H and O–H groups in total. The van der Waals surface area contributed by atoms with E-state index in [0.717, 1.165) is 19.3 Å². The molecule has 0 unspecified atom stereocenters. The number of piperidine rings is 1.